The molecule has 1 aliphatic rings. The van der Waals surface area contributed by atoms with Crippen molar-refractivity contribution < 1.29 is 4.79 Å². The number of carbonyl (C=O) groups is 1. The number of carbonyl (C=O) groups excluding carboxylic acids is 1. The summed E-state index contributed by atoms with van der Waals surface area (Å²) in [6.45, 7) is 1.76. The van der Waals surface area contributed by atoms with Crippen LogP contribution in [0.2, 0.25) is 5.02 Å². The number of amides is 1. The second-order valence-electron chi connectivity index (χ2n) is 5.93. The molecule has 24 heavy (non-hydrogen) atoms. The lowest BCUT2D eigenvalue weighted by Crippen LogP contribution is -2.33. The first-order valence-corrected chi connectivity index (χ1v) is 9.58. The van der Waals surface area contributed by atoms with Gasteiger partial charge < -0.3 is 9.47 Å². The van der Waals surface area contributed by atoms with Crippen LogP contribution in [0.15, 0.2) is 29.4 Å². The van der Waals surface area contributed by atoms with Gasteiger partial charge in [0.15, 0.2) is 11.0 Å². The fourth-order valence-electron chi connectivity index (χ4n) is 2.86. The lowest BCUT2D eigenvalue weighted by molar-refractivity contribution is -0.128. The molecule has 0 unspecified atom stereocenters. The Morgan fingerprint density at radius 3 is 2.58 bits per heavy atom. The van der Waals surface area contributed by atoms with Crippen molar-refractivity contribution in [2.24, 2.45) is 7.05 Å². The van der Waals surface area contributed by atoms with E-state index in [1.165, 1.54) is 24.6 Å². The second-order valence-corrected chi connectivity index (χ2v) is 7.28. The van der Waals surface area contributed by atoms with Crippen LogP contribution in [0, 0.1) is 0 Å². The molecule has 7 heteroatoms. The molecule has 0 aliphatic carbocycles. The molecular formula is C17H21ClN4OS. The molecule has 1 saturated heterocycles. The molecule has 128 valence electrons. The minimum atomic E-state index is 0.184. The summed E-state index contributed by atoms with van der Waals surface area (Å²) in [6, 6.07) is 7.56. The minimum Gasteiger partial charge on any atom is -0.342 e. The Kier molecular flexibility index (Phi) is 5.79. The van der Waals surface area contributed by atoms with E-state index in [1.54, 1.807) is 0 Å². The van der Waals surface area contributed by atoms with Crippen LogP contribution in [0.1, 0.15) is 25.7 Å². The number of halogens is 1. The Labute approximate surface area is 151 Å². The zero-order valence-electron chi connectivity index (χ0n) is 13.7. The van der Waals surface area contributed by atoms with Crippen molar-refractivity contribution in [2.45, 2.75) is 30.8 Å². The van der Waals surface area contributed by atoms with Crippen molar-refractivity contribution in [3.63, 3.8) is 0 Å². The molecule has 3 rings (SSSR count). The highest BCUT2D eigenvalue weighted by molar-refractivity contribution is 7.99. The zero-order valence-corrected chi connectivity index (χ0v) is 15.3. The van der Waals surface area contributed by atoms with Crippen molar-refractivity contribution in [3.8, 4) is 11.4 Å². The number of thioether (sulfide) groups is 1. The van der Waals surface area contributed by atoms with Gasteiger partial charge in [-0.3, -0.25) is 4.79 Å². The standard InChI is InChI=1S/C17H21ClN4OS/c1-21-16(13-8-4-5-9-14(13)18)19-20-17(21)24-12-15(23)22-10-6-2-3-7-11-22/h4-5,8-9H,2-3,6-7,10-12H2,1H3. The largest absolute Gasteiger partial charge is 0.342 e. The van der Waals surface area contributed by atoms with E-state index < -0.39 is 0 Å². The van der Waals surface area contributed by atoms with E-state index in [2.05, 4.69) is 10.2 Å². The molecule has 1 amide bonds. The number of rotatable bonds is 4. The van der Waals surface area contributed by atoms with Gasteiger partial charge in [0.25, 0.3) is 0 Å². The van der Waals surface area contributed by atoms with Gasteiger partial charge in [0.2, 0.25) is 5.91 Å². The molecule has 2 aromatic rings. The van der Waals surface area contributed by atoms with Gasteiger partial charge in [0, 0.05) is 25.7 Å². The molecule has 0 N–H and O–H groups in total. The third-order valence-electron chi connectivity index (χ3n) is 4.23. The summed E-state index contributed by atoms with van der Waals surface area (Å²) in [5, 5.41) is 9.82. The summed E-state index contributed by atoms with van der Waals surface area (Å²) < 4.78 is 1.89. The van der Waals surface area contributed by atoms with E-state index in [0.29, 0.717) is 16.6 Å². The van der Waals surface area contributed by atoms with Crippen LogP contribution in [0.5, 0.6) is 0 Å². The SMILES string of the molecule is Cn1c(SCC(=O)N2CCCCCC2)nnc1-c1ccccc1Cl. The highest BCUT2D eigenvalue weighted by Crippen LogP contribution is 2.28. The van der Waals surface area contributed by atoms with E-state index in [1.807, 2.05) is 40.8 Å². The van der Waals surface area contributed by atoms with Gasteiger partial charge >= 0.3 is 0 Å². The second kappa shape index (κ2) is 8.03. The summed E-state index contributed by atoms with van der Waals surface area (Å²) in [5.41, 5.74) is 0.847. The Hall–Kier alpha value is -1.53. The van der Waals surface area contributed by atoms with Gasteiger partial charge in [0.1, 0.15) is 0 Å². The molecule has 0 radical (unpaired) electrons. The minimum absolute atomic E-state index is 0.184. The molecule has 0 atom stereocenters. The van der Waals surface area contributed by atoms with Crippen molar-refractivity contribution in [3.05, 3.63) is 29.3 Å². The van der Waals surface area contributed by atoms with E-state index >= 15 is 0 Å². The molecule has 0 saturated carbocycles. The molecule has 1 aromatic heterocycles. The van der Waals surface area contributed by atoms with Gasteiger partial charge in [-0.1, -0.05) is 48.3 Å². The highest BCUT2D eigenvalue weighted by Gasteiger charge is 2.18. The van der Waals surface area contributed by atoms with Crippen LogP contribution in [0.25, 0.3) is 11.4 Å². The Bertz CT molecular complexity index is 710. The molecule has 0 bridgehead atoms. The summed E-state index contributed by atoms with van der Waals surface area (Å²) in [7, 11) is 1.90. The predicted octanol–water partition coefficient (Wildman–Crippen LogP) is 3.63. The van der Waals surface area contributed by atoms with Gasteiger partial charge in [-0.15, -0.1) is 10.2 Å². The fourth-order valence-corrected chi connectivity index (χ4v) is 3.89. The number of likely N-dealkylation sites (tertiary alicyclic amines) is 1. The maximum Gasteiger partial charge on any atom is 0.233 e. The lowest BCUT2D eigenvalue weighted by atomic mass is 10.2. The molecule has 2 heterocycles. The first-order chi connectivity index (χ1) is 11.7. The van der Waals surface area contributed by atoms with E-state index in [0.717, 1.165) is 36.7 Å². The monoisotopic (exact) mass is 364 g/mol. The summed E-state index contributed by atoms with van der Waals surface area (Å²) >= 11 is 7.67. The van der Waals surface area contributed by atoms with Gasteiger partial charge in [0.05, 0.1) is 10.8 Å². The van der Waals surface area contributed by atoms with Crippen molar-refractivity contribution in [1.29, 1.82) is 0 Å². The third-order valence-corrected chi connectivity index (χ3v) is 5.57. The smallest absolute Gasteiger partial charge is 0.233 e. The van der Waals surface area contributed by atoms with Crippen LogP contribution in [0.4, 0.5) is 0 Å². The summed E-state index contributed by atoms with van der Waals surface area (Å²) in [5.74, 6) is 1.30. The molecule has 0 spiro atoms. The number of benzene rings is 1. The van der Waals surface area contributed by atoms with Crippen LogP contribution in [-0.4, -0.2) is 44.4 Å². The van der Waals surface area contributed by atoms with Crippen molar-refractivity contribution >= 4 is 29.3 Å². The van der Waals surface area contributed by atoms with E-state index in [-0.39, 0.29) is 5.91 Å². The summed E-state index contributed by atoms with van der Waals surface area (Å²) in [6.07, 6.45) is 4.66. The van der Waals surface area contributed by atoms with Crippen molar-refractivity contribution in [2.75, 3.05) is 18.8 Å². The average molecular weight is 365 g/mol. The number of aromatic nitrogens is 3. The molecular weight excluding hydrogens is 344 g/mol. The molecule has 1 fully saturated rings. The lowest BCUT2D eigenvalue weighted by Gasteiger charge is -2.19. The number of hydrogen-bond donors (Lipinski definition) is 0. The molecule has 5 nitrogen and oxygen atoms in total. The Morgan fingerprint density at radius 1 is 1.17 bits per heavy atom. The highest BCUT2D eigenvalue weighted by atomic mass is 35.5. The van der Waals surface area contributed by atoms with Gasteiger partial charge in [-0.25, -0.2) is 0 Å². The first kappa shape index (κ1) is 17.3. The van der Waals surface area contributed by atoms with Crippen LogP contribution in [-0.2, 0) is 11.8 Å². The fraction of sp³-hybridized carbons (Fsp3) is 0.471. The molecule has 1 aliphatic heterocycles. The van der Waals surface area contributed by atoms with Gasteiger partial charge in [-0.2, -0.15) is 0 Å². The Morgan fingerprint density at radius 2 is 1.88 bits per heavy atom. The summed E-state index contributed by atoms with van der Waals surface area (Å²) in [4.78, 5) is 14.4. The van der Waals surface area contributed by atoms with Crippen molar-refractivity contribution in [1.82, 2.24) is 19.7 Å². The van der Waals surface area contributed by atoms with Crippen LogP contribution < -0.4 is 0 Å². The quantitative estimate of drug-likeness (QED) is 0.777. The van der Waals surface area contributed by atoms with E-state index in [9.17, 15) is 4.79 Å². The van der Waals surface area contributed by atoms with Crippen LogP contribution in [0.3, 0.4) is 0 Å². The molecule has 1 aromatic carbocycles. The predicted molar refractivity (Wildman–Crippen MR) is 97.2 cm³/mol. The van der Waals surface area contributed by atoms with E-state index in [4.69, 9.17) is 11.6 Å². The topological polar surface area (TPSA) is 51.0 Å². The van der Waals surface area contributed by atoms with Gasteiger partial charge in [-0.05, 0) is 25.0 Å². The maximum atomic E-state index is 12.4. The average Bonchev–Trinajstić information content (AvgIpc) is 2.79. The third kappa shape index (κ3) is 3.92. The number of hydrogen-bond acceptors (Lipinski definition) is 4. The Balaban J connectivity index is 1.66. The maximum absolute atomic E-state index is 12.4. The number of nitrogens with zero attached hydrogens (tertiary/aromatic N) is 4. The first-order valence-electron chi connectivity index (χ1n) is 8.21. The zero-order chi connectivity index (χ0) is 16.9. The normalized spacial score (nSPS) is 15.3. The van der Waals surface area contributed by atoms with Crippen LogP contribution >= 0.6 is 23.4 Å².